The fourth-order valence-corrected chi connectivity index (χ4v) is 5.16. The average Bonchev–Trinajstić information content (AvgIpc) is 3.60. The van der Waals surface area contributed by atoms with E-state index < -0.39 is 17.7 Å². The van der Waals surface area contributed by atoms with Gasteiger partial charge in [0.25, 0.3) is 11.7 Å². The van der Waals surface area contributed by atoms with Crippen molar-refractivity contribution in [1.82, 2.24) is 0 Å². The van der Waals surface area contributed by atoms with Crippen molar-refractivity contribution in [3.8, 4) is 17.2 Å². The van der Waals surface area contributed by atoms with Crippen LogP contribution in [0.5, 0.6) is 17.2 Å². The predicted molar refractivity (Wildman–Crippen MR) is 117 cm³/mol. The number of aliphatic hydroxyl groups is 1. The Morgan fingerprint density at radius 3 is 2.69 bits per heavy atom. The van der Waals surface area contributed by atoms with Gasteiger partial charge in [0, 0.05) is 28.6 Å². The second-order valence-corrected chi connectivity index (χ2v) is 8.62. The van der Waals surface area contributed by atoms with Gasteiger partial charge in [0.05, 0.1) is 12.2 Å². The number of hydrogen-bond acceptors (Lipinski definition) is 7. The van der Waals surface area contributed by atoms with Crippen molar-refractivity contribution in [1.29, 1.82) is 0 Å². The summed E-state index contributed by atoms with van der Waals surface area (Å²) in [6, 6.07) is 13.4. The molecule has 7 nitrogen and oxygen atoms in total. The molecule has 2 aromatic carbocycles. The maximum atomic E-state index is 13.2. The van der Waals surface area contributed by atoms with E-state index in [0.717, 1.165) is 22.6 Å². The molecule has 0 aliphatic carbocycles. The second-order valence-electron chi connectivity index (χ2n) is 7.64. The number of hydrogen-bond donors (Lipinski definition) is 1. The summed E-state index contributed by atoms with van der Waals surface area (Å²) in [5, 5.41) is 13.1. The molecule has 0 bridgehead atoms. The van der Waals surface area contributed by atoms with E-state index in [1.807, 2.05) is 23.6 Å². The van der Waals surface area contributed by atoms with E-state index in [0.29, 0.717) is 29.4 Å². The topological polar surface area (TPSA) is 85.3 Å². The molecule has 1 N–H and O–H groups in total. The highest BCUT2D eigenvalue weighted by Gasteiger charge is 2.47. The monoisotopic (exact) mass is 447 g/mol. The third-order valence-electron chi connectivity index (χ3n) is 5.85. The Bertz CT molecular complexity index is 1300. The van der Waals surface area contributed by atoms with Crippen molar-refractivity contribution in [2.24, 2.45) is 0 Å². The maximum absolute atomic E-state index is 13.2. The number of Topliss-reactive ketones (excluding diaryl/α,β-unsaturated/α-hetero) is 1. The molecule has 32 heavy (non-hydrogen) atoms. The highest BCUT2D eigenvalue weighted by Crippen LogP contribution is 2.46. The smallest absolute Gasteiger partial charge is 0.300 e. The van der Waals surface area contributed by atoms with E-state index in [9.17, 15) is 14.7 Å². The van der Waals surface area contributed by atoms with Gasteiger partial charge >= 0.3 is 0 Å². The molecule has 3 aliphatic rings. The summed E-state index contributed by atoms with van der Waals surface area (Å²) in [5.74, 6) is 0.242. The first-order valence-electron chi connectivity index (χ1n) is 10.1. The molecule has 1 saturated heterocycles. The molecule has 6 rings (SSSR count). The van der Waals surface area contributed by atoms with Crippen LogP contribution in [0.15, 0.2) is 59.5 Å². The second kappa shape index (κ2) is 7.13. The van der Waals surface area contributed by atoms with E-state index in [1.54, 1.807) is 30.3 Å². The molecule has 1 fully saturated rings. The summed E-state index contributed by atoms with van der Waals surface area (Å²) in [6.45, 7) is 0.692. The Morgan fingerprint density at radius 2 is 1.84 bits per heavy atom. The minimum absolute atomic E-state index is 0.0639. The SMILES string of the molecule is O=C1C(=O)N(c2ccc3c(c2)OCO3)C(c2cccs2)/C1=C(/O)c1ccc2c(c1)CCO2. The number of carbonyl (C=O) groups excluding carboxylic acids is 2. The first-order valence-corrected chi connectivity index (χ1v) is 11.0. The average molecular weight is 447 g/mol. The van der Waals surface area contributed by atoms with Gasteiger partial charge in [-0.1, -0.05) is 6.07 Å². The van der Waals surface area contributed by atoms with Crippen molar-refractivity contribution >= 4 is 34.5 Å². The van der Waals surface area contributed by atoms with Gasteiger partial charge in [0.2, 0.25) is 6.79 Å². The summed E-state index contributed by atoms with van der Waals surface area (Å²) in [5.41, 5.74) is 2.01. The van der Waals surface area contributed by atoms with Crippen molar-refractivity contribution in [2.75, 3.05) is 18.3 Å². The number of ketones is 1. The number of fused-ring (bicyclic) bond motifs is 2. The van der Waals surface area contributed by atoms with Crippen molar-refractivity contribution < 1.29 is 28.9 Å². The number of anilines is 1. The molecule has 0 radical (unpaired) electrons. The number of rotatable bonds is 3. The lowest BCUT2D eigenvalue weighted by Crippen LogP contribution is -2.29. The summed E-state index contributed by atoms with van der Waals surface area (Å²) in [7, 11) is 0. The highest BCUT2D eigenvalue weighted by molar-refractivity contribution is 7.10. The fourth-order valence-electron chi connectivity index (χ4n) is 4.34. The van der Waals surface area contributed by atoms with Crippen LogP contribution in [0.1, 0.15) is 22.0 Å². The number of ether oxygens (including phenoxy) is 3. The number of amides is 1. The quantitative estimate of drug-likeness (QED) is 0.371. The summed E-state index contributed by atoms with van der Waals surface area (Å²) >= 11 is 1.42. The summed E-state index contributed by atoms with van der Waals surface area (Å²) in [4.78, 5) is 28.6. The fraction of sp³-hybridized carbons (Fsp3) is 0.167. The van der Waals surface area contributed by atoms with Gasteiger partial charge in [0.15, 0.2) is 11.5 Å². The van der Waals surface area contributed by atoms with E-state index in [-0.39, 0.29) is 18.1 Å². The predicted octanol–water partition coefficient (Wildman–Crippen LogP) is 4.04. The van der Waals surface area contributed by atoms with Crippen LogP contribution in [0, 0.1) is 0 Å². The maximum Gasteiger partial charge on any atom is 0.300 e. The van der Waals surface area contributed by atoms with Crippen molar-refractivity contribution in [2.45, 2.75) is 12.5 Å². The first-order chi connectivity index (χ1) is 15.6. The Balaban J connectivity index is 1.51. The van der Waals surface area contributed by atoms with Crippen molar-refractivity contribution in [3.63, 3.8) is 0 Å². The third kappa shape index (κ3) is 2.80. The largest absolute Gasteiger partial charge is 0.507 e. The number of nitrogens with zero attached hydrogens (tertiary/aromatic N) is 1. The lowest BCUT2D eigenvalue weighted by molar-refractivity contribution is -0.132. The van der Waals surface area contributed by atoms with E-state index in [4.69, 9.17) is 14.2 Å². The Labute approximate surface area is 187 Å². The van der Waals surface area contributed by atoms with Crippen LogP contribution in [0.4, 0.5) is 5.69 Å². The molecule has 4 heterocycles. The zero-order valence-electron chi connectivity index (χ0n) is 16.7. The van der Waals surface area contributed by atoms with Gasteiger partial charge in [-0.3, -0.25) is 14.5 Å². The number of carbonyl (C=O) groups is 2. The Hall–Kier alpha value is -3.78. The molecule has 160 valence electrons. The standard InChI is InChI=1S/C24H17NO6S/c26-22(14-3-5-16-13(10-14)7-8-29-16)20-21(19-2-1-9-32-19)25(24(28)23(20)27)15-4-6-17-18(11-15)31-12-30-17/h1-6,9-11,21,26H,7-8,12H2/b22-20-. The van der Waals surface area contributed by atoms with E-state index >= 15 is 0 Å². The summed E-state index contributed by atoms with van der Waals surface area (Å²) < 4.78 is 16.4. The zero-order chi connectivity index (χ0) is 21.8. The van der Waals surface area contributed by atoms with Gasteiger partial charge in [-0.25, -0.2) is 0 Å². The Morgan fingerprint density at radius 1 is 1.00 bits per heavy atom. The number of thiophene rings is 1. The van der Waals surface area contributed by atoms with Gasteiger partial charge in [-0.15, -0.1) is 11.3 Å². The van der Waals surface area contributed by atoms with Crippen LogP contribution < -0.4 is 19.1 Å². The van der Waals surface area contributed by atoms with Gasteiger partial charge in [-0.2, -0.15) is 0 Å². The summed E-state index contributed by atoms with van der Waals surface area (Å²) in [6.07, 6.45) is 0.732. The normalized spacial score (nSPS) is 20.5. The molecule has 1 atom stereocenters. The molecule has 0 saturated carbocycles. The molecule has 1 aromatic heterocycles. The first kappa shape index (κ1) is 18.9. The zero-order valence-corrected chi connectivity index (χ0v) is 17.6. The van der Waals surface area contributed by atoms with Crippen molar-refractivity contribution in [3.05, 3.63) is 75.5 Å². The van der Waals surface area contributed by atoms with Crippen LogP contribution in [0.3, 0.4) is 0 Å². The number of benzene rings is 2. The van der Waals surface area contributed by atoms with Gasteiger partial charge < -0.3 is 19.3 Å². The van der Waals surface area contributed by atoms with Gasteiger partial charge in [0.1, 0.15) is 17.6 Å². The molecule has 1 amide bonds. The minimum Gasteiger partial charge on any atom is -0.507 e. The van der Waals surface area contributed by atoms with E-state index in [1.165, 1.54) is 16.2 Å². The molecule has 1 unspecified atom stereocenters. The number of aliphatic hydroxyl groups excluding tert-OH is 1. The van der Waals surface area contributed by atoms with Crippen LogP contribution in [-0.2, 0) is 16.0 Å². The lowest BCUT2D eigenvalue weighted by atomic mass is 9.98. The molecule has 0 spiro atoms. The molecule has 3 aromatic rings. The van der Waals surface area contributed by atoms with Crippen LogP contribution in [0.2, 0.25) is 0 Å². The minimum atomic E-state index is -0.750. The molecule has 8 heteroatoms. The third-order valence-corrected chi connectivity index (χ3v) is 6.78. The Kier molecular flexibility index (Phi) is 4.22. The molecule has 3 aliphatic heterocycles. The molecular weight excluding hydrogens is 430 g/mol. The van der Waals surface area contributed by atoms with Crippen LogP contribution in [-0.4, -0.2) is 30.2 Å². The van der Waals surface area contributed by atoms with Crippen LogP contribution >= 0.6 is 11.3 Å². The van der Waals surface area contributed by atoms with Crippen LogP contribution in [0.25, 0.3) is 5.76 Å². The molecular formula is C24H17NO6S. The highest BCUT2D eigenvalue weighted by atomic mass is 32.1. The lowest BCUT2D eigenvalue weighted by Gasteiger charge is -2.24. The van der Waals surface area contributed by atoms with Gasteiger partial charge in [-0.05, 0) is 47.3 Å². The van der Waals surface area contributed by atoms with E-state index in [2.05, 4.69) is 0 Å².